The molecule has 5 nitrogen and oxygen atoms in total. The monoisotopic (exact) mass is 471 g/mol. The first-order valence-corrected chi connectivity index (χ1v) is 9.25. The van der Waals surface area contributed by atoms with Crippen molar-refractivity contribution >= 4 is 47.0 Å². The Morgan fingerprint density at radius 3 is 2.60 bits per heavy atom. The van der Waals surface area contributed by atoms with Crippen LogP contribution in [0.15, 0.2) is 41.5 Å². The number of rotatable bonds is 4. The van der Waals surface area contributed by atoms with Gasteiger partial charge in [-0.05, 0) is 31.9 Å². The Kier molecular flexibility index (Phi) is 7.95. The van der Waals surface area contributed by atoms with Gasteiger partial charge < -0.3 is 15.5 Å². The number of nitrogens with one attached hydrogen (secondary N) is 2. The van der Waals surface area contributed by atoms with Gasteiger partial charge in [0.2, 0.25) is 0 Å². The van der Waals surface area contributed by atoms with E-state index in [9.17, 15) is 0 Å². The molecule has 7 heteroatoms. The van der Waals surface area contributed by atoms with Gasteiger partial charge in [0.15, 0.2) is 5.96 Å². The first-order chi connectivity index (χ1) is 11.7. The first kappa shape index (κ1) is 20.0. The van der Waals surface area contributed by atoms with Gasteiger partial charge >= 0.3 is 0 Å². The lowest BCUT2D eigenvalue weighted by Crippen LogP contribution is -2.48. The van der Waals surface area contributed by atoms with E-state index < -0.39 is 0 Å². The summed E-state index contributed by atoms with van der Waals surface area (Å²) in [5.74, 6) is 0.862. The molecule has 1 aliphatic rings. The Hall–Kier alpha value is -1.35. The normalized spacial score (nSPS) is 15.6. The number of piperidine rings is 1. The standard InChI is InChI=1S/C18H25N5S.HI/c1-14-12-20-17(24-14)13-21-18(19-2)22-15-8-10-23(11-9-15)16-6-4-3-5-7-16;/h3-7,12,15H,8-11,13H2,1-2H3,(H2,19,21,22);1H. The van der Waals surface area contributed by atoms with Crippen LogP contribution in [0.1, 0.15) is 22.7 Å². The molecule has 2 heterocycles. The van der Waals surface area contributed by atoms with Crippen molar-refractivity contribution in [3.63, 3.8) is 0 Å². The molecule has 0 saturated carbocycles. The molecule has 0 spiro atoms. The van der Waals surface area contributed by atoms with Gasteiger partial charge in [0.1, 0.15) is 5.01 Å². The number of nitrogens with zero attached hydrogens (tertiary/aromatic N) is 3. The number of benzene rings is 1. The molecule has 2 N–H and O–H groups in total. The van der Waals surface area contributed by atoms with Gasteiger partial charge in [0, 0.05) is 42.9 Å². The Bertz CT molecular complexity index is 665. The van der Waals surface area contributed by atoms with Gasteiger partial charge in [-0.2, -0.15) is 0 Å². The Balaban J connectivity index is 0.00000225. The van der Waals surface area contributed by atoms with E-state index in [-0.39, 0.29) is 24.0 Å². The van der Waals surface area contributed by atoms with E-state index in [4.69, 9.17) is 0 Å². The second kappa shape index (κ2) is 9.96. The van der Waals surface area contributed by atoms with Crippen molar-refractivity contribution in [2.24, 2.45) is 4.99 Å². The minimum Gasteiger partial charge on any atom is -0.371 e. The van der Waals surface area contributed by atoms with Crippen LogP contribution in [-0.4, -0.2) is 37.1 Å². The SMILES string of the molecule is CN=C(NCc1ncc(C)s1)NC1CCN(c2ccccc2)CC1.I. The Morgan fingerprint density at radius 1 is 1.28 bits per heavy atom. The number of aromatic nitrogens is 1. The topological polar surface area (TPSA) is 52.6 Å². The third kappa shape index (κ3) is 5.85. The summed E-state index contributed by atoms with van der Waals surface area (Å²) < 4.78 is 0. The van der Waals surface area contributed by atoms with Gasteiger partial charge in [0.25, 0.3) is 0 Å². The van der Waals surface area contributed by atoms with Crippen LogP contribution in [0.5, 0.6) is 0 Å². The van der Waals surface area contributed by atoms with Crippen LogP contribution >= 0.6 is 35.3 Å². The molecule has 136 valence electrons. The van der Waals surface area contributed by atoms with Gasteiger partial charge in [-0.3, -0.25) is 4.99 Å². The molecule has 2 aromatic rings. The Morgan fingerprint density at radius 2 is 2.00 bits per heavy atom. The number of aryl methyl sites for hydroxylation is 1. The van der Waals surface area contributed by atoms with E-state index in [0.717, 1.165) is 43.4 Å². The fourth-order valence-corrected chi connectivity index (χ4v) is 3.68. The molecule has 25 heavy (non-hydrogen) atoms. The summed E-state index contributed by atoms with van der Waals surface area (Å²) in [5, 5.41) is 8.00. The highest BCUT2D eigenvalue weighted by Gasteiger charge is 2.20. The number of hydrogen-bond acceptors (Lipinski definition) is 4. The summed E-state index contributed by atoms with van der Waals surface area (Å²) in [6.07, 6.45) is 4.15. The lowest BCUT2D eigenvalue weighted by Gasteiger charge is -2.34. The van der Waals surface area contributed by atoms with Crippen LogP contribution in [0, 0.1) is 6.92 Å². The van der Waals surface area contributed by atoms with Gasteiger partial charge in [-0.1, -0.05) is 18.2 Å². The maximum absolute atomic E-state index is 4.38. The average molecular weight is 471 g/mol. The van der Waals surface area contributed by atoms with E-state index >= 15 is 0 Å². The minimum absolute atomic E-state index is 0. The number of guanidine groups is 1. The predicted molar refractivity (Wildman–Crippen MR) is 117 cm³/mol. The highest BCUT2D eigenvalue weighted by molar-refractivity contribution is 14.0. The van der Waals surface area contributed by atoms with Crippen LogP contribution in [0.3, 0.4) is 0 Å². The van der Waals surface area contributed by atoms with Crippen molar-refractivity contribution in [2.45, 2.75) is 32.4 Å². The molecule has 1 aromatic carbocycles. The number of thiazole rings is 1. The minimum atomic E-state index is 0. The molecule has 0 radical (unpaired) electrons. The third-order valence-electron chi connectivity index (χ3n) is 4.26. The summed E-state index contributed by atoms with van der Waals surface area (Å²) in [5.41, 5.74) is 1.32. The molecule has 1 aliphatic heterocycles. The zero-order valence-corrected chi connectivity index (χ0v) is 17.9. The number of halogens is 1. The van der Waals surface area contributed by atoms with Crippen molar-refractivity contribution in [3.05, 3.63) is 46.4 Å². The lowest BCUT2D eigenvalue weighted by molar-refractivity contribution is 0.461. The highest BCUT2D eigenvalue weighted by Crippen LogP contribution is 2.19. The highest BCUT2D eigenvalue weighted by atomic mass is 127. The molecular formula is C18H26IN5S. The zero-order valence-electron chi connectivity index (χ0n) is 14.7. The van der Waals surface area contributed by atoms with Gasteiger partial charge in [-0.25, -0.2) is 4.98 Å². The summed E-state index contributed by atoms with van der Waals surface area (Å²) >= 11 is 1.72. The van der Waals surface area contributed by atoms with Gasteiger partial charge in [-0.15, -0.1) is 35.3 Å². The van der Waals surface area contributed by atoms with Crippen LogP contribution in [0.25, 0.3) is 0 Å². The average Bonchev–Trinajstić information content (AvgIpc) is 3.05. The van der Waals surface area contributed by atoms with E-state index in [1.807, 2.05) is 13.2 Å². The van der Waals surface area contributed by atoms with E-state index in [0.29, 0.717) is 6.04 Å². The van der Waals surface area contributed by atoms with E-state index in [2.05, 4.69) is 62.8 Å². The molecule has 3 rings (SSSR count). The molecule has 0 bridgehead atoms. The molecule has 1 saturated heterocycles. The quantitative estimate of drug-likeness (QED) is 0.408. The summed E-state index contributed by atoms with van der Waals surface area (Å²) in [6.45, 7) is 4.95. The molecule has 1 aromatic heterocycles. The van der Waals surface area contributed by atoms with Crippen molar-refractivity contribution in [1.82, 2.24) is 15.6 Å². The molecule has 1 fully saturated rings. The number of anilines is 1. The van der Waals surface area contributed by atoms with E-state index in [1.54, 1.807) is 11.3 Å². The maximum atomic E-state index is 4.38. The zero-order chi connectivity index (χ0) is 16.8. The number of hydrogen-bond donors (Lipinski definition) is 2. The predicted octanol–water partition coefficient (Wildman–Crippen LogP) is 3.40. The fraction of sp³-hybridized carbons (Fsp3) is 0.444. The molecule has 0 amide bonds. The smallest absolute Gasteiger partial charge is 0.191 e. The van der Waals surface area contributed by atoms with Crippen LogP contribution < -0.4 is 15.5 Å². The number of aliphatic imine (C=N–C) groups is 1. The number of para-hydroxylation sites is 1. The first-order valence-electron chi connectivity index (χ1n) is 8.43. The summed E-state index contributed by atoms with van der Waals surface area (Å²) in [6, 6.07) is 11.1. The third-order valence-corrected chi connectivity index (χ3v) is 5.17. The second-order valence-corrected chi connectivity index (χ2v) is 7.35. The molecule has 0 aliphatic carbocycles. The van der Waals surface area contributed by atoms with Crippen LogP contribution in [-0.2, 0) is 6.54 Å². The largest absolute Gasteiger partial charge is 0.371 e. The summed E-state index contributed by atoms with van der Waals surface area (Å²) in [7, 11) is 1.82. The lowest BCUT2D eigenvalue weighted by atomic mass is 10.0. The summed E-state index contributed by atoms with van der Waals surface area (Å²) in [4.78, 5) is 12.4. The Labute approximate surface area is 171 Å². The second-order valence-electron chi connectivity index (χ2n) is 6.03. The van der Waals surface area contributed by atoms with Crippen molar-refractivity contribution in [1.29, 1.82) is 0 Å². The van der Waals surface area contributed by atoms with Crippen molar-refractivity contribution in [2.75, 3.05) is 25.0 Å². The fourth-order valence-electron chi connectivity index (χ4n) is 2.95. The molecule has 0 unspecified atom stereocenters. The molecular weight excluding hydrogens is 445 g/mol. The van der Waals surface area contributed by atoms with Crippen LogP contribution in [0.2, 0.25) is 0 Å². The maximum Gasteiger partial charge on any atom is 0.191 e. The van der Waals surface area contributed by atoms with E-state index in [1.165, 1.54) is 10.6 Å². The van der Waals surface area contributed by atoms with Crippen LogP contribution in [0.4, 0.5) is 5.69 Å². The van der Waals surface area contributed by atoms with Gasteiger partial charge in [0.05, 0.1) is 6.54 Å². The molecule has 0 atom stereocenters. The van der Waals surface area contributed by atoms with Crippen molar-refractivity contribution < 1.29 is 0 Å². The van der Waals surface area contributed by atoms with Crippen molar-refractivity contribution in [3.8, 4) is 0 Å².